The summed E-state index contributed by atoms with van der Waals surface area (Å²) in [5, 5.41) is 20.6. The topological polar surface area (TPSA) is 177 Å². The van der Waals surface area contributed by atoms with E-state index in [0.717, 1.165) is 64.2 Å². The quantitative estimate of drug-likeness (QED) is 0.0221. The van der Waals surface area contributed by atoms with Crippen molar-refractivity contribution in [2.45, 2.75) is 154 Å². The average Bonchev–Trinajstić information content (AvgIpc) is 3.41. The van der Waals surface area contributed by atoms with E-state index in [1.807, 2.05) is 12.2 Å². The van der Waals surface area contributed by atoms with Crippen molar-refractivity contribution in [2.24, 2.45) is 11.8 Å². The zero-order valence-corrected chi connectivity index (χ0v) is 34.2. The van der Waals surface area contributed by atoms with E-state index in [-0.39, 0.29) is 36.9 Å². The molecule has 0 bridgehead atoms. The van der Waals surface area contributed by atoms with Crippen molar-refractivity contribution in [3.05, 3.63) is 72.9 Å². The molecule has 0 aliphatic heterocycles. The Balaban J connectivity index is 2.32. The smallest absolute Gasteiger partial charge is 0.462 e. The van der Waals surface area contributed by atoms with Gasteiger partial charge in [-0.05, 0) is 64.2 Å². The fraction of sp³-hybridized carbons (Fsp3) is 0.651. The zero-order valence-electron chi connectivity index (χ0n) is 33.3. The van der Waals surface area contributed by atoms with Crippen molar-refractivity contribution in [2.75, 3.05) is 13.2 Å². The molecule has 0 aromatic carbocycles. The second-order valence-corrected chi connectivity index (χ2v) is 15.2. The van der Waals surface area contributed by atoms with Crippen LogP contribution < -0.4 is 0 Å². The summed E-state index contributed by atoms with van der Waals surface area (Å²) < 4.78 is 26.3. The van der Waals surface area contributed by atoms with Gasteiger partial charge in [-0.2, -0.15) is 0 Å². The summed E-state index contributed by atoms with van der Waals surface area (Å²) in [6, 6.07) is 0. The Morgan fingerprint density at radius 1 is 0.782 bits per heavy atom. The molecule has 0 spiro atoms. The normalized spacial score (nSPS) is 19.3. The van der Waals surface area contributed by atoms with E-state index in [1.54, 1.807) is 12.2 Å². The maximum Gasteiger partial charge on any atom is 0.469 e. The average molecular weight is 793 g/mol. The summed E-state index contributed by atoms with van der Waals surface area (Å²) in [5.41, 5.74) is 0. The molecule has 0 amide bonds. The van der Waals surface area contributed by atoms with E-state index in [4.69, 9.17) is 19.3 Å². The van der Waals surface area contributed by atoms with Crippen molar-refractivity contribution in [3.63, 3.8) is 0 Å². The van der Waals surface area contributed by atoms with Crippen molar-refractivity contribution >= 4 is 25.5 Å². The molecule has 1 saturated carbocycles. The van der Waals surface area contributed by atoms with E-state index in [2.05, 4.69) is 67.0 Å². The Labute approximate surface area is 329 Å². The van der Waals surface area contributed by atoms with Gasteiger partial charge in [-0.1, -0.05) is 125 Å². The van der Waals surface area contributed by atoms with Crippen LogP contribution in [-0.4, -0.2) is 69.2 Å². The van der Waals surface area contributed by atoms with Gasteiger partial charge in [-0.15, -0.1) is 0 Å². The van der Waals surface area contributed by atoms with E-state index in [0.29, 0.717) is 38.5 Å². The van der Waals surface area contributed by atoms with Gasteiger partial charge in [-0.25, -0.2) is 4.57 Å². The lowest BCUT2D eigenvalue weighted by atomic mass is 9.88. The van der Waals surface area contributed by atoms with Gasteiger partial charge in [0.25, 0.3) is 0 Å². The molecule has 0 saturated heterocycles. The number of aliphatic hydroxyl groups is 2. The summed E-state index contributed by atoms with van der Waals surface area (Å²) in [7, 11) is -4.83. The van der Waals surface area contributed by atoms with Crippen molar-refractivity contribution in [1.29, 1.82) is 0 Å². The fourth-order valence-corrected chi connectivity index (χ4v) is 6.43. The fourth-order valence-electron chi connectivity index (χ4n) is 6.07. The molecule has 0 aromatic heterocycles. The first-order valence-electron chi connectivity index (χ1n) is 20.3. The van der Waals surface area contributed by atoms with Crippen LogP contribution in [0.5, 0.6) is 0 Å². The van der Waals surface area contributed by atoms with Gasteiger partial charge in [0.2, 0.25) is 0 Å². The highest BCUT2D eigenvalue weighted by Gasteiger charge is 2.39. The third-order valence-corrected chi connectivity index (χ3v) is 9.59. The molecule has 1 rings (SSSR count). The van der Waals surface area contributed by atoms with Crippen LogP contribution in [0.4, 0.5) is 0 Å². The molecule has 11 nitrogen and oxygen atoms in total. The molecule has 1 aliphatic rings. The highest BCUT2D eigenvalue weighted by Crippen LogP contribution is 2.36. The Hall–Kier alpha value is -2.92. The predicted octanol–water partition coefficient (Wildman–Crippen LogP) is 8.88. The predicted molar refractivity (Wildman–Crippen MR) is 217 cm³/mol. The van der Waals surface area contributed by atoms with Crippen molar-refractivity contribution < 1.29 is 52.9 Å². The number of unbranched alkanes of at least 4 members (excludes halogenated alkanes) is 6. The lowest BCUT2D eigenvalue weighted by Crippen LogP contribution is -2.29. The number of aliphatic hydroxyl groups excluding tert-OH is 2. The van der Waals surface area contributed by atoms with Gasteiger partial charge >= 0.3 is 19.8 Å². The maximum absolute atomic E-state index is 12.5. The molecule has 1 aliphatic carbocycles. The highest BCUT2D eigenvalue weighted by atomic mass is 31.2. The van der Waals surface area contributed by atoms with E-state index < -0.39 is 51.3 Å². The minimum Gasteiger partial charge on any atom is -0.462 e. The number of ketones is 1. The number of carbonyl (C=O) groups excluding carboxylic acids is 3. The highest BCUT2D eigenvalue weighted by molar-refractivity contribution is 7.46. The number of hydrogen-bond donors (Lipinski definition) is 4. The van der Waals surface area contributed by atoms with Crippen LogP contribution in [0.1, 0.15) is 136 Å². The van der Waals surface area contributed by atoms with E-state index in [9.17, 15) is 29.2 Å². The Kier molecular flexibility index (Phi) is 29.3. The minimum atomic E-state index is -4.83. The van der Waals surface area contributed by atoms with Crippen LogP contribution in [0.2, 0.25) is 0 Å². The Morgan fingerprint density at radius 3 is 2.00 bits per heavy atom. The Morgan fingerprint density at radius 2 is 1.38 bits per heavy atom. The summed E-state index contributed by atoms with van der Waals surface area (Å²) >= 11 is 0. The molecule has 1 fully saturated rings. The zero-order chi connectivity index (χ0) is 40.6. The Bertz CT molecular complexity index is 1280. The number of ether oxygens (including phenoxy) is 2. The molecular weight excluding hydrogens is 723 g/mol. The summed E-state index contributed by atoms with van der Waals surface area (Å²) in [5.74, 6) is -1.67. The number of Topliss-reactive ketones (excluding diaryl/α,β-unsaturated/α-hetero) is 1. The molecule has 5 atom stereocenters. The first kappa shape index (κ1) is 50.1. The number of phosphoric ester groups is 1. The molecule has 0 unspecified atom stereocenters. The van der Waals surface area contributed by atoms with Crippen LogP contribution in [0.15, 0.2) is 72.9 Å². The number of rotatable bonds is 32. The van der Waals surface area contributed by atoms with Gasteiger partial charge in [0.1, 0.15) is 12.4 Å². The second kappa shape index (κ2) is 32.2. The first-order valence-corrected chi connectivity index (χ1v) is 21.9. The van der Waals surface area contributed by atoms with Gasteiger partial charge in [0.05, 0.1) is 18.8 Å². The van der Waals surface area contributed by atoms with Crippen LogP contribution in [0, 0.1) is 11.8 Å². The van der Waals surface area contributed by atoms with E-state index in [1.165, 1.54) is 0 Å². The second-order valence-electron chi connectivity index (χ2n) is 14.0. The monoisotopic (exact) mass is 792 g/mol. The summed E-state index contributed by atoms with van der Waals surface area (Å²) in [6.07, 6.45) is 35.3. The van der Waals surface area contributed by atoms with E-state index >= 15 is 0 Å². The molecule has 55 heavy (non-hydrogen) atoms. The summed E-state index contributed by atoms with van der Waals surface area (Å²) in [6.45, 7) is 3.20. The van der Waals surface area contributed by atoms with Gasteiger partial charge < -0.3 is 29.5 Å². The lowest BCUT2D eigenvalue weighted by molar-refractivity contribution is -0.161. The number of phosphoric acid groups is 1. The standard InChI is InChI=1S/C43H69O11P/c1-3-5-7-8-9-10-11-12-13-14-15-16-17-18-19-20-26-30-43(48)54-37(35-53-55(49,50)51)34-52-42(47)29-25-22-21-24-28-38-39(41(46)33-40(38)45)32-31-36(44)27-23-6-4-2/h5,7,9-10,12-13,15-16,18-19,31-32,36-39,41,44,46H,3-4,6,8,11,14,17,20-30,33-35H2,1-2H3,(H2,49,50,51)/b7-5-,10-9-,13-12-,16-15-,19-18-,32-31+/t36-,37+,38+,39+,41+/m0/s1. The maximum atomic E-state index is 12.5. The molecule has 0 radical (unpaired) electrons. The van der Waals surface area contributed by atoms with Crippen LogP contribution in [-0.2, 0) is 32.9 Å². The van der Waals surface area contributed by atoms with Crippen molar-refractivity contribution in [1.82, 2.24) is 0 Å². The third-order valence-electron chi connectivity index (χ3n) is 9.10. The van der Waals surface area contributed by atoms with Crippen LogP contribution in [0.3, 0.4) is 0 Å². The molecule has 4 N–H and O–H groups in total. The van der Waals surface area contributed by atoms with Crippen molar-refractivity contribution in [3.8, 4) is 0 Å². The lowest BCUT2D eigenvalue weighted by Gasteiger charge is -2.18. The van der Waals surface area contributed by atoms with Gasteiger partial charge in [-0.3, -0.25) is 18.9 Å². The summed E-state index contributed by atoms with van der Waals surface area (Å²) in [4.78, 5) is 55.5. The first-order chi connectivity index (χ1) is 26.5. The molecule has 12 heteroatoms. The minimum absolute atomic E-state index is 0.0366. The van der Waals surface area contributed by atoms with Crippen LogP contribution in [0.25, 0.3) is 0 Å². The SMILES string of the molecule is CC/C=C\C/C=C\C/C=C\C/C=C\C/C=C\CCCC(=O)O[C@H](COC(=O)CCCCCC[C@H]1C(=O)C[C@@H](O)[C@@H]1/C=C/[C@@H](O)CCCCC)COP(=O)(O)O. The molecule has 312 valence electrons. The van der Waals surface area contributed by atoms with Crippen LogP contribution >= 0.6 is 7.82 Å². The number of carbonyl (C=O) groups is 3. The molecule has 0 heterocycles. The largest absolute Gasteiger partial charge is 0.469 e. The van der Waals surface area contributed by atoms with Gasteiger partial charge in [0.15, 0.2) is 6.10 Å². The number of esters is 2. The number of allylic oxidation sites excluding steroid dienone is 10. The third kappa shape index (κ3) is 28.2. The molecular formula is C43H69O11P. The number of hydrogen-bond acceptors (Lipinski definition) is 9. The van der Waals surface area contributed by atoms with Gasteiger partial charge in [0, 0.05) is 31.1 Å². The molecule has 0 aromatic rings.